The Balaban J connectivity index is 2.61. The number of aryl methyl sites for hydroxylation is 1. The van der Waals surface area contributed by atoms with Crippen molar-refractivity contribution in [3.8, 4) is 0 Å². The molecule has 0 atom stereocenters. The Bertz CT molecular complexity index is 331. The third-order valence-corrected chi connectivity index (χ3v) is 2.33. The highest BCUT2D eigenvalue weighted by Crippen LogP contribution is 2.29. The van der Waals surface area contributed by atoms with Gasteiger partial charge in [-0.1, -0.05) is 18.2 Å². The van der Waals surface area contributed by atoms with E-state index in [0.29, 0.717) is 6.42 Å². The average molecular weight is 231 g/mol. The van der Waals surface area contributed by atoms with Gasteiger partial charge in [-0.05, 0) is 45.1 Å². The van der Waals surface area contributed by atoms with Crippen LogP contribution in [0.15, 0.2) is 24.3 Å². The van der Waals surface area contributed by atoms with Gasteiger partial charge in [-0.2, -0.15) is 13.2 Å². The molecule has 0 radical (unpaired) electrons. The van der Waals surface area contributed by atoms with Crippen LogP contribution in [0.2, 0.25) is 0 Å². The SMILES string of the molecule is CN(C)CCCc1cccc(C(F)(F)F)c1. The summed E-state index contributed by atoms with van der Waals surface area (Å²) in [5, 5.41) is 0. The summed E-state index contributed by atoms with van der Waals surface area (Å²) < 4.78 is 37.2. The van der Waals surface area contributed by atoms with E-state index >= 15 is 0 Å². The van der Waals surface area contributed by atoms with Crippen LogP contribution >= 0.6 is 0 Å². The second-order valence-electron chi connectivity index (χ2n) is 4.10. The summed E-state index contributed by atoms with van der Waals surface area (Å²) in [6, 6.07) is 5.55. The normalized spacial score (nSPS) is 12.1. The van der Waals surface area contributed by atoms with Crippen molar-refractivity contribution in [3.05, 3.63) is 35.4 Å². The molecule has 0 spiro atoms. The molecular formula is C12H16F3N. The number of halogens is 3. The van der Waals surface area contributed by atoms with E-state index in [0.717, 1.165) is 24.6 Å². The van der Waals surface area contributed by atoms with Gasteiger partial charge < -0.3 is 4.90 Å². The van der Waals surface area contributed by atoms with Crippen molar-refractivity contribution in [2.75, 3.05) is 20.6 Å². The predicted octanol–water partition coefficient (Wildman–Crippen LogP) is 3.20. The van der Waals surface area contributed by atoms with E-state index in [1.807, 2.05) is 19.0 Å². The summed E-state index contributed by atoms with van der Waals surface area (Å²) in [6.07, 6.45) is -2.69. The molecule has 0 saturated carbocycles. The standard InChI is InChI=1S/C12H16F3N/c1-16(2)8-4-6-10-5-3-7-11(9-10)12(13,14)15/h3,5,7,9H,4,6,8H2,1-2H3. The molecule has 1 aromatic carbocycles. The number of alkyl halides is 3. The molecule has 0 heterocycles. The first-order valence-electron chi connectivity index (χ1n) is 5.20. The number of benzene rings is 1. The van der Waals surface area contributed by atoms with Gasteiger partial charge >= 0.3 is 6.18 Å². The van der Waals surface area contributed by atoms with Gasteiger partial charge in [0.05, 0.1) is 5.56 Å². The zero-order valence-corrected chi connectivity index (χ0v) is 9.51. The molecular weight excluding hydrogens is 215 g/mol. The number of hydrogen-bond acceptors (Lipinski definition) is 1. The molecule has 0 bridgehead atoms. The highest BCUT2D eigenvalue weighted by molar-refractivity contribution is 5.25. The first-order valence-corrected chi connectivity index (χ1v) is 5.20. The van der Waals surface area contributed by atoms with E-state index < -0.39 is 11.7 Å². The van der Waals surface area contributed by atoms with Gasteiger partial charge in [0.2, 0.25) is 0 Å². The van der Waals surface area contributed by atoms with Crippen molar-refractivity contribution in [1.29, 1.82) is 0 Å². The van der Waals surface area contributed by atoms with Crippen molar-refractivity contribution in [1.82, 2.24) is 4.90 Å². The number of rotatable bonds is 4. The van der Waals surface area contributed by atoms with Gasteiger partial charge in [-0.15, -0.1) is 0 Å². The zero-order chi connectivity index (χ0) is 12.2. The molecule has 0 aliphatic heterocycles. The molecule has 1 rings (SSSR count). The van der Waals surface area contributed by atoms with Gasteiger partial charge in [0.1, 0.15) is 0 Å². The van der Waals surface area contributed by atoms with Crippen molar-refractivity contribution in [2.24, 2.45) is 0 Å². The van der Waals surface area contributed by atoms with Crippen LogP contribution in [0.25, 0.3) is 0 Å². The van der Waals surface area contributed by atoms with Gasteiger partial charge in [0.15, 0.2) is 0 Å². The second kappa shape index (κ2) is 5.34. The van der Waals surface area contributed by atoms with Gasteiger partial charge in [0, 0.05) is 0 Å². The minimum atomic E-state index is -4.24. The molecule has 0 saturated heterocycles. The molecule has 0 unspecified atom stereocenters. The molecule has 0 aliphatic rings. The summed E-state index contributed by atoms with van der Waals surface area (Å²) >= 11 is 0. The maximum atomic E-state index is 12.4. The topological polar surface area (TPSA) is 3.24 Å². The molecule has 90 valence electrons. The number of nitrogens with zero attached hydrogens (tertiary/aromatic N) is 1. The van der Waals surface area contributed by atoms with Crippen LogP contribution in [0, 0.1) is 0 Å². The molecule has 16 heavy (non-hydrogen) atoms. The zero-order valence-electron chi connectivity index (χ0n) is 9.51. The van der Waals surface area contributed by atoms with Crippen LogP contribution in [-0.2, 0) is 12.6 Å². The Morgan fingerprint density at radius 2 is 1.88 bits per heavy atom. The van der Waals surface area contributed by atoms with Crippen molar-refractivity contribution in [2.45, 2.75) is 19.0 Å². The van der Waals surface area contributed by atoms with E-state index in [2.05, 4.69) is 0 Å². The molecule has 0 aromatic heterocycles. The molecule has 0 amide bonds. The largest absolute Gasteiger partial charge is 0.416 e. The van der Waals surface area contributed by atoms with E-state index in [1.165, 1.54) is 12.1 Å². The minimum absolute atomic E-state index is 0.560. The summed E-state index contributed by atoms with van der Waals surface area (Å²) in [4.78, 5) is 2.02. The molecule has 1 nitrogen and oxygen atoms in total. The summed E-state index contributed by atoms with van der Waals surface area (Å²) in [7, 11) is 3.90. The maximum Gasteiger partial charge on any atom is 0.416 e. The lowest BCUT2D eigenvalue weighted by Crippen LogP contribution is -2.13. The Morgan fingerprint density at radius 1 is 1.19 bits per heavy atom. The lowest BCUT2D eigenvalue weighted by atomic mass is 10.1. The van der Waals surface area contributed by atoms with E-state index in [1.54, 1.807) is 6.07 Å². The van der Waals surface area contributed by atoms with Crippen molar-refractivity contribution < 1.29 is 13.2 Å². The molecule has 1 aromatic rings. The average Bonchev–Trinajstić information content (AvgIpc) is 2.16. The molecule has 0 N–H and O–H groups in total. The fourth-order valence-corrected chi connectivity index (χ4v) is 1.50. The lowest BCUT2D eigenvalue weighted by molar-refractivity contribution is -0.137. The first kappa shape index (κ1) is 13.0. The fourth-order valence-electron chi connectivity index (χ4n) is 1.50. The van der Waals surface area contributed by atoms with Crippen LogP contribution in [0.3, 0.4) is 0 Å². The Labute approximate surface area is 93.9 Å². The van der Waals surface area contributed by atoms with Crippen LogP contribution in [0.1, 0.15) is 17.5 Å². The smallest absolute Gasteiger partial charge is 0.309 e. The van der Waals surface area contributed by atoms with Crippen LogP contribution < -0.4 is 0 Å². The molecule has 0 fully saturated rings. The first-order chi connectivity index (χ1) is 7.39. The van der Waals surface area contributed by atoms with Crippen LogP contribution in [0.5, 0.6) is 0 Å². The summed E-state index contributed by atoms with van der Waals surface area (Å²) in [5.41, 5.74) is 0.187. The van der Waals surface area contributed by atoms with E-state index in [-0.39, 0.29) is 0 Å². The van der Waals surface area contributed by atoms with Crippen LogP contribution in [-0.4, -0.2) is 25.5 Å². The third kappa shape index (κ3) is 4.23. The van der Waals surface area contributed by atoms with Crippen LogP contribution in [0.4, 0.5) is 13.2 Å². The monoisotopic (exact) mass is 231 g/mol. The van der Waals surface area contributed by atoms with E-state index in [4.69, 9.17) is 0 Å². The Morgan fingerprint density at radius 3 is 2.44 bits per heavy atom. The predicted molar refractivity (Wildman–Crippen MR) is 58.3 cm³/mol. The Kier molecular flexibility index (Phi) is 4.35. The highest BCUT2D eigenvalue weighted by Gasteiger charge is 2.30. The van der Waals surface area contributed by atoms with E-state index in [9.17, 15) is 13.2 Å². The summed E-state index contributed by atoms with van der Waals surface area (Å²) in [5.74, 6) is 0. The highest BCUT2D eigenvalue weighted by atomic mass is 19.4. The summed E-state index contributed by atoms with van der Waals surface area (Å²) in [6.45, 7) is 0.885. The van der Waals surface area contributed by atoms with Crippen molar-refractivity contribution >= 4 is 0 Å². The van der Waals surface area contributed by atoms with Gasteiger partial charge in [-0.3, -0.25) is 0 Å². The number of hydrogen-bond donors (Lipinski definition) is 0. The quantitative estimate of drug-likeness (QED) is 0.769. The third-order valence-electron chi connectivity index (χ3n) is 2.33. The second-order valence-corrected chi connectivity index (χ2v) is 4.10. The lowest BCUT2D eigenvalue weighted by Gasteiger charge is -2.10. The van der Waals surface area contributed by atoms with Crippen molar-refractivity contribution in [3.63, 3.8) is 0 Å². The Hall–Kier alpha value is -1.03. The van der Waals surface area contributed by atoms with Gasteiger partial charge in [0.25, 0.3) is 0 Å². The van der Waals surface area contributed by atoms with Gasteiger partial charge in [-0.25, -0.2) is 0 Å². The maximum absolute atomic E-state index is 12.4. The molecule has 4 heteroatoms. The minimum Gasteiger partial charge on any atom is -0.309 e. The molecule has 0 aliphatic carbocycles. The fraction of sp³-hybridized carbons (Fsp3) is 0.500.